The Morgan fingerprint density at radius 3 is 2.50 bits per heavy atom. The normalized spacial score (nSPS) is 14.6. The Hall–Kier alpha value is -3.23. The Labute approximate surface area is 202 Å². The second-order valence-electron chi connectivity index (χ2n) is 8.94. The maximum absolute atomic E-state index is 13.2. The van der Waals surface area contributed by atoms with E-state index in [1.165, 1.54) is 29.2 Å². The second kappa shape index (κ2) is 9.19. The van der Waals surface area contributed by atoms with Crippen LogP contribution < -0.4 is 10.2 Å². The van der Waals surface area contributed by atoms with Crippen LogP contribution in [0.2, 0.25) is 0 Å². The Bertz CT molecular complexity index is 1340. The smallest absolute Gasteiger partial charge is 0.265 e. The number of piperazine rings is 1. The Kier molecular flexibility index (Phi) is 6.10. The van der Waals surface area contributed by atoms with E-state index in [9.17, 15) is 9.18 Å². The third-order valence-electron chi connectivity index (χ3n) is 6.40. The molecule has 6 nitrogen and oxygen atoms in total. The van der Waals surface area contributed by atoms with Gasteiger partial charge in [0.05, 0.1) is 17.1 Å². The highest BCUT2D eigenvalue weighted by molar-refractivity contribution is 7.20. The van der Waals surface area contributed by atoms with Gasteiger partial charge in [-0.25, -0.2) is 4.39 Å². The lowest BCUT2D eigenvalue weighted by Crippen LogP contribution is -2.44. The summed E-state index contributed by atoms with van der Waals surface area (Å²) >= 11 is 1.43. The van der Waals surface area contributed by atoms with Gasteiger partial charge in [-0.2, -0.15) is 5.10 Å². The van der Waals surface area contributed by atoms with Crippen molar-refractivity contribution in [2.45, 2.75) is 20.4 Å². The number of carbonyl (C=O) groups is 1. The molecule has 1 N–H and O–H groups in total. The van der Waals surface area contributed by atoms with Gasteiger partial charge in [0.2, 0.25) is 0 Å². The molecule has 3 heterocycles. The van der Waals surface area contributed by atoms with E-state index in [-0.39, 0.29) is 11.7 Å². The lowest BCUT2D eigenvalue weighted by molar-refractivity contribution is 0.103. The standard InChI is InChI=1S/C26H28FN5OS/c1-17-14-21(31-12-10-30(3)11-13-31)8-9-23(17)28-25(33)24-15-22-18(2)29-32(26(22)34-24)16-19-4-6-20(27)7-5-19/h4-9,14-15H,10-13,16H2,1-3H3,(H,28,33). The molecule has 8 heteroatoms. The van der Waals surface area contributed by atoms with Gasteiger partial charge in [-0.05, 0) is 68.4 Å². The number of aromatic nitrogens is 2. The van der Waals surface area contributed by atoms with Crippen LogP contribution in [0.3, 0.4) is 0 Å². The number of likely N-dealkylation sites (N-methyl/N-ethyl adjacent to an activating group) is 1. The fourth-order valence-electron chi connectivity index (χ4n) is 4.33. The largest absolute Gasteiger partial charge is 0.369 e. The first kappa shape index (κ1) is 22.6. The van der Waals surface area contributed by atoms with Gasteiger partial charge in [0.25, 0.3) is 5.91 Å². The van der Waals surface area contributed by atoms with Crippen LogP contribution >= 0.6 is 11.3 Å². The van der Waals surface area contributed by atoms with Gasteiger partial charge < -0.3 is 15.1 Å². The van der Waals surface area contributed by atoms with E-state index in [1.54, 1.807) is 12.1 Å². The summed E-state index contributed by atoms with van der Waals surface area (Å²) in [6.45, 7) is 8.64. The van der Waals surface area contributed by atoms with Crippen LogP contribution in [-0.4, -0.2) is 53.8 Å². The van der Waals surface area contributed by atoms with E-state index in [0.717, 1.165) is 58.9 Å². The number of rotatable bonds is 5. The third-order valence-corrected chi connectivity index (χ3v) is 7.55. The molecular weight excluding hydrogens is 449 g/mol. The van der Waals surface area contributed by atoms with E-state index in [4.69, 9.17) is 0 Å². The number of halogens is 1. The molecule has 176 valence electrons. The maximum Gasteiger partial charge on any atom is 0.265 e. The van der Waals surface area contributed by atoms with Crippen LogP contribution in [0.4, 0.5) is 15.8 Å². The van der Waals surface area contributed by atoms with Gasteiger partial charge in [-0.3, -0.25) is 9.48 Å². The highest BCUT2D eigenvalue weighted by Gasteiger charge is 2.19. The van der Waals surface area contributed by atoms with Crippen LogP contribution in [-0.2, 0) is 6.54 Å². The highest BCUT2D eigenvalue weighted by atomic mass is 32.1. The predicted octanol–water partition coefficient (Wildman–Crippen LogP) is 4.91. The lowest BCUT2D eigenvalue weighted by atomic mass is 10.1. The van der Waals surface area contributed by atoms with Crippen molar-refractivity contribution in [2.75, 3.05) is 43.4 Å². The molecule has 0 spiro atoms. The topological polar surface area (TPSA) is 53.4 Å². The number of benzene rings is 2. The SMILES string of the molecule is Cc1cc(N2CCN(C)CC2)ccc1NC(=O)c1cc2c(C)nn(Cc3ccc(F)cc3)c2s1. The Morgan fingerprint density at radius 2 is 1.79 bits per heavy atom. The number of nitrogens with zero attached hydrogens (tertiary/aromatic N) is 4. The Balaban J connectivity index is 1.33. The fourth-order valence-corrected chi connectivity index (χ4v) is 5.38. The zero-order chi connectivity index (χ0) is 23.8. The van der Waals surface area contributed by atoms with Crippen LogP contribution in [0.1, 0.15) is 26.5 Å². The number of amides is 1. The molecule has 0 radical (unpaired) electrons. The number of fused-ring (bicyclic) bond motifs is 1. The predicted molar refractivity (Wildman–Crippen MR) is 137 cm³/mol. The molecule has 1 aliphatic heterocycles. The van der Waals surface area contributed by atoms with Gasteiger partial charge in [-0.1, -0.05) is 12.1 Å². The van der Waals surface area contributed by atoms with Crippen molar-refractivity contribution in [3.05, 3.63) is 76.0 Å². The van der Waals surface area contributed by atoms with Gasteiger partial charge in [0.1, 0.15) is 10.6 Å². The third kappa shape index (κ3) is 4.56. The number of nitrogens with one attached hydrogen (secondary N) is 1. The minimum absolute atomic E-state index is 0.121. The van der Waals surface area contributed by atoms with E-state index in [2.05, 4.69) is 39.4 Å². The van der Waals surface area contributed by atoms with Crippen molar-refractivity contribution >= 4 is 38.8 Å². The van der Waals surface area contributed by atoms with Crippen LogP contribution in [0.5, 0.6) is 0 Å². The van der Waals surface area contributed by atoms with Crippen molar-refractivity contribution in [3.63, 3.8) is 0 Å². The zero-order valence-corrected chi connectivity index (χ0v) is 20.5. The molecule has 0 saturated carbocycles. The van der Waals surface area contributed by atoms with E-state index in [1.807, 2.05) is 30.7 Å². The number of carbonyl (C=O) groups excluding carboxylic acids is 1. The van der Waals surface area contributed by atoms with Gasteiger partial charge >= 0.3 is 0 Å². The molecule has 0 aliphatic carbocycles. The summed E-state index contributed by atoms with van der Waals surface area (Å²) in [4.78, 5) is 19.4. The quantitative estimate of drug-likeness (QED) is 0.444. The fraction of sp³-hybridized carbons (Fsp3) is 0.308. The van der Waals surface area contributed by atoms with E-state index < -0.39 is 0 Å². The highest BCUT2D eigenvalue weighted by Crippen LogP contribution is 2.30. The molecule has 1 fully saturated rings. The maximum atomic E-state index is 13.2. The molecule has 4 aromatic rings. The summed E-state index contributed by atoms with van der Waals surface area (Å²) < 4.78 is 15.1. The minimum atomic E-state index is -0.257. The first-order valence-electron chi connectivity index (χ1n) is 11.4. The molecular formula is C26H28FN5OS. The number of aryl methyl sites for hydroxylation is 2. The first-order valence-corrected chi connectivity index (χ1v) is 12.3. The number of hydrogen-bond acceptors (Lipinski definition) is 5. The molecule has 0 bridgehead atoms. The summed E-state index contributed by atoms with van der Waals surface area (Å²) in [5, 5.41) is 8.67. The Morgan fingerprint density at radius 1 is 1.06 bits per heavy atom. The monoisotopic (exact) mass is 477 g/mol. The van der Waals surface area contributed by atoms with Crippen molar-refractivity contribution in [2.24, 2.45) is 0 Å². The van der Waals surface area contributed by atoms with E-state index >= 15 is 0 Å². The van der Waals surface area contributed by atoms with Crippen molar-refractivity contribution in [1.82, 2.24) is 14.7 Å². The summed E-state index contributed by atoms with van der Waals surface area (Å²) in [5.74, 6) is -0.378. The zero-order valence-electron chi connectivity index (χ0n) is 19.6. The number of hydrogen-bond donors (Lipinski definition) is 1. The van der Waals surface area contributed by atoms with Gasteiger partial charge in [-0.15, -0.1) is 11.3 Å². The van der Waals surface area contributed by atoms with Crippen molar-refractivity contribution < 1.29 is 9.18 Å². The second-order valence-corrected chi connectivity index (χ2v) is 9.97. The summed E-state index contributed by atoms with van der Waals surface area (Å²) in [6.07, 6.45) is 0. The molecule has 34 heavy (non-hydrogen) atoms. The van der Waals surface area contributed by atoms with E-state index in [0.29, 0.717) is 11.4 Å². The van der Waals surface area contributed by atoms with Crippen molar-refractivity contribution in [3.8, 4) is 0 Å². The summed E-state index contributed by atoms with van der Waals surface area (Å²) in [7, 11) is 2.15. The van der Waals surface area contributed by atoms with Crippen molar-refractivity contribution in [1.29, 1.82) is 0 Å². The number of anilines is 2. The van der Waals surface area contributed by atoms with Crippen LogP contribution in [0.15, 0.2) is 48.5 Å². The average Bonchev–Trinajstić information content (AvgIpc) is 3.38. The lowest BCUT2D eigenvalue weighted by Gasteiger charge is -2.34. The molecule has 1 amide bonds. The molecule has 5 rings (SSSR count). The molecule has 0 unspecified atom stereocenters. The molecule has 1 aliphatic rings. The van der Waals surface area contributed by atoms with Gasteiger partial charge in [0.15, 0.2) is 0 Å². The van der Waals surface area contributed by atoms with Gasteiger partial charge in [0, 0.05) is 42.9 Å². The molecule has 0 atom stereocenters. The van der Waals surface area contributed by atoms with Crippen LogP contribution in [0.25, 0.3) is 10.2 Å². The number of thiophene rings is 1. The summed E-state index contributed by atoms with van der Waals surface area (Å²) in [6, 6.07) is 14.6. The van der Waals surface area contributed by atoms with Crippen LogP contribution in [0, 0.1) is 19.7 Å². The minimum Gasteiger partial charge on any atom is -0.369 e. The summed E-state index contributed by atoms with van der Waals surface area (Å²) in [5.41, 5.74) is 4.90. The average molecular weight is 478 g/mol. The first-order chi connectivity index (χ1) is 16.4. The molecule has 2 aromatic heterocycles. The molecule has 2 aromatic carbocycles. The molecule has 1 saturated heterocycles.